The third-order valence-electron chi connectivity index (χ3n) is 5.34. The number of piperazine rings is 1. The van der Waals surface area contributed by atoms with Crippen molar-refractivity contribution < 1.29 is 4.79 Å². The van der Waals surface area contributed by atoms with E-state index in [1.54, 1.807) is 6.33 Å². The van der Waals surface area contributed by atoms with Crippen molar-refractivity contribution in [3.8, 4) is 5.82 Å². The van der Waals surface area contributed by atoms with Crippen LogP contribution in [0.25, 0.3) is 5.82 Å². The molecule has 0 N–H and O–H groups in total. The number of aryl methyl sites for hydroxylation is 3. The summed E-state index contributed by atoms with van der Waals surface area (Å²) in [5, 5.41) is 5.21. The molecule has 0 spiro atoms. The number of hydrogen-bond donors (Lipinski definition) is 0. The monoisotopic (exact) mass is 424 g/mol. The van der Waals surface area contributed by atoms with E-state index in [0.29, 0.717) is 31.0 Å². The van der Waals surface area contributed by atoms with Crippen molar-refractivity contribution in [1.29, 1.82) is 0 Å². The Morgan fingerprint density at radius 2 is 1.80 bits per heavy atom. The van der Waals surface area contributed by atoms with Crippen molar-refractivity contribution in [2.75, 3.05) is 31.1 Å². The van der Waals surface area contributed by atoms with E-state index in [2.05, 4.69) is 20.0 Å². The number of hydrogen-bond acceptors (Lipinski definition) is 5. The molecule has 0 unspecified atom stereocenters. The Balaban J connectivity index is 1.35. The van der Waals surface area contributed by atoms with Gasteiger partial charge in [0.15, 0.2) is 5.82 Å². The summed E-state index contributed by atoms with van der Waals surface area (Å²) in [5.41, 5.74) is 3.08. The second-order valence-electron chi connectivity index (χ2n) is 7.57. The van der Waals surface area contributed by atoms with Crippen LogP contribution in [0, 0.1) is 13.8 Å². The van der Waals surface area contributed by atoms with Gasteiger partial charge in [0.05, 0.1) is 5.69 Å². The number of benzene rings is 1. The van der Waals surface area contributed by atoms with Gasteiger partial charge in [-0.15, -0.1) is 0 Å². The van der Waals surface area contributed by atoms with Crippen LogP contribution in [0.15, 0.2) is 42.7 Å². The van der Waals surface area contributed by atoms with Gasteiger partial charge in [-0.2, -0.15) is 5.10 Å². The molecular weight excluding hydrogens is 400 g/mol. The van der Waals surface area contributed by atoms with E-state index in [1.165, 1.54) is 0 Å². The maximum Gasteiger partial charge on any atom is 0.223 e. The minimum absolute atomic E-state index is 0.181. The summed E-state index contributed by atoms with van der Waals surface area (Å²) in [6.07, 6.45) is 2.77. The molecule has 0 saturated carbocycles. The Morgan fingerprint density at radius 1 is 1.03 bits per heavy atom. The van der Waals surface area contributed by atoms with Gasteiger partial charge in [0, 0.05) is 49.4 Å². The summed E-state index contributed by atoms with van der Waals surface area (Å²) in [5.74, 6) is 1.80. The third-order valence-corrected chi connectivity index (χ3v) is 5.57. The molecule has 0 aliphatic carbocycles. The van der Waals surface area contributed by atoms with Crippen LogP contribution in [-0.2, 0) is 11.2 Å². The quantitative estimate of drug-likeness (QED) is 0.629. The topological polar surface area (TPSA) is 67.2 Å². The third kappa shape index (κ3) is 4.62. The highest BCUT2D eigenvalue weighted by Gasteiger charge is 2.22. The lowest BCUT2D eigenvalue weighted by Crippen LogP contribution is -2.49. The molecule has 1 fully saturated rings. The minimum Gasteiger partial charge on any atom is -0.353 e. The molecule has 156 valence electrons. The van der Waals surface area contributed by atoms with Gasteiger partial charge in [0.2, 0.25) is 5.91 Å². The molecule has 30 heavy (non-hydrogen) atoms. The largest absolute Gasteiger partial charge is 0.353 e. The Hall–Kier alpha value is -2.93. The summed E-state index contributed by atoms with van der Waals surface area (Å²) < 4.78 is 1.83. The summed E-state index contributed by atoms with van der Waals surface area (Å²) in [6, 6.07) is 11.7. The normalized spacial score (nSPS) is 14.2. The summed E-state index contributed by atoms with van der Waals surface area (Å²) in [7, 11) is 0. The first-order valence-corrected chi connectivity index (χ1v) is 10.5. The molecule has 1 amide bonds. The highest BCUT2D eigenvalue weighted by atomic mass is 35.5. The first kappa shape index (κ1) is 20.3. The lowest BCUT2D eigenvalue weighted by molar-refractivity contribution is -0.131. The van der Waals surface area contributed by atoms with Crippen LogP contribution in [-0.4, -0.2) is 56.7 Å². The maximum atomic E-state index is 12.6. The fourth-order valence-corrected chi connectivity index (χ4v) is 3.99. The zero-order chi connectivity index (χ0) is 21.1. The number of halogens is 1. The fourth-order valence-electron chi connectivity index (χ4n) is 3.77. The second-order valence-corrected chi connectivity index (χ2v) is 8.01. The Kier molecular flexibility index (Phi) is 5.99. The lowest BCUT2D eigenvalue weighted by Gasteiger charge is -2.35. The van der Waals surface area contributed by atoms with Gasteiger partial charge in [0.1, 0.15) is 12.1 Å². The van der Waals surface area contributed by atoms with E-state index in [-0.39, 0.29) is 5.91 Å². The van der Waals surface area contributed by atoms with Gasteiger partial charge >= 0.3 is 0 Å². The number of rotatable bonds is 5. The molecule has 1 aromatic carbocycles. The van der Waals surface area contributed by atoms with E-state index in [0.717, 1.165) is 41.7 Å². The van der Waals surface area contributed by atoms with Gasteiger partial charge in [-0.3, -0.25) is 4.79 Å². The molecule has 1 saturated heterocycles. The molecule has 3 aromatic rings. The van der Waals surface area contributed by atoms with E-state index in [9.17, 15) is 4.79 Å². The minimum atomic E-state index is 0.181. The van der Waals surface area contributed by atoms with Crippen molar-refractivity contribution in [2.24, 2.45) is 0 Å². The first-order chi connectivity index (χ1) is 14.5. The highest BCUT2D eigenvalue weighted by Crippen LogP contribution is 2.18. The van der Waals surface area contributed by atoms with Crippen LogP contribution >= 0.6 is 11.6 Å². The summed E-state index contributed by atoms with van der Waals surface area (Å²) in [6.45, 7) is 6.85. The molecule has 8 heteroatoms. The van der Waals surface area contributed by atoms with Crippen LogP contribution in [0.3, 0.4) is 0 Å². The molecule has 1 aliphatic rings. The Morgan fingerprint density at radius 3 is 2.50 bits per heavy atom. The molecule has 4 rings (SSSR count). The Bertz CT molecular complexity index is 1040. The summed E-state index contributed by atoms with van der Waals surface area (Å²) in [4.78, 5) is 25.5. The Labute approximate surface area is 181 Å². The first-order valence-electron chi connectivity index (χ1n) is 10.1. The fraction of sp³-hybridized carbons (Fsp3) is 0.364. The number of carbonyl (C=O) groups is 1. The predicted molar refractivity (Wildman–Crippen MR) is 117 cm³/mol. The lowest BCUT2D eigenvalue weighted by atomic mass is 10.1. The SMILES string of the molecule is Cc1cc(C)n(-c2cc(N3CCN(C(=O)CCc4cccc(Cl)c4)CC3)ncn2)n1. The molecule has 0 atom stereocenters. The van der Waals surface area contributed by atoms with Gasteiger partial charge < -0.3 is 9.80 Å². The van der Waals surface area contributed by atoms with Gasteiger partial charge in [-0.05, 0) is 44.0 Å². The average molecular weight is 425 g/mol. The molecule has 7 nitrogen and oxygen atoms in total. The van der Waals surface area contributed by atoms with E-state index >= 15 is 0 Å². The predicted octanol–water partition coefficient (Wildman–Crippen LogP) is 3.21. The second kappa shape index (κ2) is 8.83. The molecule has 2 aromatic heterocycles. The van der Waals surface area contributed by atoms with Crippen molar-refractivity contribution in [1.82, 2.24) is 24.6 Å². The zero-order valence-corrected chi connectivity index (χ0v) is 18.0. The average Bonchev–Trinajstić information content (AvgIpc) is 3.10. The van der Waals surface area contributed by atoms with E-state index in [1.807, 2.05) is 59.8 Å². The molecule has 1 aliphatic heterocycles. The summed E-state index contributed by atoms with van der Waals surface area (Å²) >= 11 is 6.03. The van der Waals surface area contributed by atoms with E-state index < -0.39 is 0 Å². The van der Waals surface area contributed by atoms with Crippen molar-refractivity contribution in [2.45, 2.75) is 26.7 Å². The number of anilines is 1. The smallest absolute Gasteiger partial charge is 0.223 e. The van der Waals surface area contributed by atoms with Gasteiger partial charge in [0.25, 0.3) is 0 Å². The van der Waals surface area contributed by atoms with Crippen LogP contribution in [0.2, 0.25) is 5.02 Å². The number of amides is 1. The standard InChI is InChI=1S/C22H25ClN6O/c1-16-12-17(2)29(26-16)21-14-20(24-15-25-21)27-8-10-28(11-9-27)22(30)7-6-18-4-3-5-19(23)13-18/h3-5,12-15H,6-11H2,1-2H3. The van der Waals surface area contributed by atoms with Crippen LogP contribution in [0.4, 0.5) is 5.82 Å². The van der Waals surface area contributed by atoms with Crippen molar-refractivity contribution in [3.05, 3.63) is 64.7 Å². The molecular formula is C22H25ClN6O. The molecule has 0 radical (unpaired) electrons. The highest BCUT2D eigenvalue weighted by molar-refractivity contribution is 6.30. The maximum absolute atomic E-state index is 12.6. The number of carbonyl (C=O) groups excluding carboxylic acids is 1. The number of nitrogens with zero attached hydrogens (tertiary/aromatic N) is 6. The van der Waals surface area contributed by atoms with Gasteiger partial charge in [-0.1, -0.05) is 23.7 Å². The number of aromatic nitrogens is 4. The van der Waals surface area contributed by atoms with E-state index in [4.69, 9.17) is 11.6 Å². The van der Waals surface area contributed by atoms with Crippen LogP contribution in [0.1, 0.15) is 23.4 Å². The zero-order valence-electron chi connectivity index (χ0n) is 17.3. The van der Waals surface area contributed by atoms with Crippen molar-refractivity contribution in [3.63, 3.8) is 0 Å². The van der Waals surface area contributed by atoms with Crippen molar-refractivity contribution >= 4 is 23.3 Å². The molecule has 3 heterocycles. The van der Waals surface area contributed by atoms with Gasteiger partial charge in [-0.25, -0.2) is 14.6 Å². The van der Waals surface area contributed by atoms with Crippen LogP contribution in [0.5, 0.6) is 0 Å². The molecule has 0 bridgehead atoms. The van der Waals surface area contributed by atoms with Crippen LogP contribution < -0.4 is 4.90 Å².